The molecule has 4 unspecified atom stereocenters. The van der Waals surface area contributed by atoms with Crippen molar-refractivity contribution in [1.82, 2.24) is 19.6 Å². The van der Waals surface area contributed by atoms with E-state index in [1.807, 2.05) is 0 Å². The summed E-state index contributed by atoms with van der Waals surface area (Å²) in [5.41, 5.74) is 0. The van der Waals surface area contributed by atoms with Crippen LogP contribution in [0.3, 0.4) is 0 Å². The first kappa shape index (κ1) is 18.2. The monoisotopic (exact) mass is 310 g/mol. The van der Waals surface area contributed by atoms with Crippen LogP contribution in [0, 0.1) is 0 Å². The van der Waals surface area contributed by atoms with Gasteiger partial charge in [-0.15, -0.1) is 0 Å². The maximum atomic E-state index is 2.64. The van der Waals surface area contributed by atoms with E-state index in [-0.39, 0.29) is 0 Å². The zero-order valence-electron chi connectivity index (χ0n) is 15.8. The van der Waals surface area contributed by atoms with Crippen LogP contribution in [0.5, 0.6) is 0 Å². The largest absolute Gasteiger partial charge is 0.289 e. The fourth-order valence-electron chi connectivity index (χ4n) is 4.00. The first-order valence-electron chi connectivity index (χ1n) is 9.32. The standard InChI is InChI=1S/C18H38N4/c1-15-13-21(18(4)20(15)6)11-9-7-8-10-12-22-14-19(5)16(2)17(22)3/h15-18H,7-14H2,1-6H3. The van der Waals surface area contributed by atoms with Gasteiger partial charge in [0.1, 0.15) is 0 Å². The molecule has 0 aromatic rings. The Hall–Kier alpha value is -0.160. The Kier molecular flexibility index (Phi) is 6.69. The van der Waals surface area contributed by atoms with Crippen molar-refractivity contribution in [2.75, 3.05) is 40.4 Å². The zero-order chi connectivity index (χ0) is 16.3. The van der Waals surface area contributed by atoms with Crippen LogP contribution in [0.1, 0.15) is 53.4 Å². The lowest BCUT2D eigenvalue weighted by atomic mass is 10.1. The predicted octanol–water partition coefficient (Wildman–Crippen LogP) is 2.51. The fraction of sp³-hybridized carbons (Fsp3) is 1.00. The van der Waals surface area contributed by atoms with Crippen LogP contribution in [0.15, 0.2) is 0 Å². The Morgan fingerprint density at radius 1 is 0.773 bits per heavy atom. The summed E-state index contributed by atoms with van der Waals surface area (Å²) in [6.45, 7) is 14.3. The van der Waals surface area contributed by atoms with E-state index in [4.69, 9.17) is 0 Å². The highest BCUT2D eigenvalue weighted by Gasteiger charge is 2.31. The lowest BCUT2D eigenvalue weighted by molar-refractivity contribution is 0.165. The van der Waals surface area contributed by atoms with Gasteiger partial charge in [0.2, 0.25) is 0 Å². The second kappa shape index (κ2) is 8.09. The summed E-state index contributed by atoms with van der Waals surface area (Å²) in [5, 5.41) is 0. The molecular formula is C18H38N4. The van der Waals surface area contributed by atoms with Gasteiger partial charge in [0, 0.05) is 24.7 Å². The van der Waals surface area contributed by atoms with E-state index >= 15 is 0 Å². The molecule has 0 aromatic carbocycles. The topological polar surface area (TPSA) is 13.0 Å². The van der Waals surface area contributed by atoms with Gasteiger partial charge in [-0.05, 0) is 67.7 Å². The van der Waals surface area contributed by atoms with Gasteiger partial charge in [0.15, 0.2) is 0 Å². The van der Waals surface area contributed by atoms with Crippen LogP contribution in [0.2, 0.25) is 0 Å². The first-order chi connectivity index (χ1) is 10.4. The fourth-order valence-corrected chi connectivity index (χ4v) is 4.00. The Morgan fingerprint density at radius 2 is 1.36 bits per heavy atom. The van der Waals surface area contributed by atoms with Crippen LogP contribution in [-0.4, -0.2) is 84.3 Å². The third-order valence-electron chi connectivity index (χ3n) is 6.33. The van der Waals surface area contributed by atoms with Gasteiger partial charge in [-0.2, -0.15) is 0 Å². The van der Waals surface area contributed by atoms with Crippen molar-refractivity contribution in [3.63, 3.8) is 0 Å². The van der Waals surface area contributed by atoms with Crippen LogP contribution < -0.4 is 0 Å². The SMILES string of the molecule is CC1C(C)N(CCCCCCN2CC(C)N(C)C2C)CN1C. The van der Waals surface area contributed by atoms with Crippen LogP contribution in [-0.2, 0) is 0 Å². The molecule has 4 nitrogen and oxygen atoms in total. The number of nitrogens with zero attached hydrogens (tertiary/aromatic N) is 4. The molecule has 4 heteroatoms. The normalized spacial score (nSPS) is 35.7. The molecule has 0 bridgehead atoms. The Morgan fingerprint density at radius 3 is 1.82 bits per heavy atom. The second-order valence-corrected chi connectivity index (χ2v) is 7.75. The molecule has 0 spiro atoms. The average Bonchev–Trinajstić information content (AvgIpc) is 2.88. The molecule has 0 radical (unpaired) electrons. The highest BCUT2D eigenvalue weighted by Crippen LogP contribution is 2.20. The van der Waals surface area contributed by atoms with Gasteiger partial charge in [-0.25, -0.2) is 0 Å². The van der Waals surface area contributed by atoms with E-state index in [0.29, 0.717) is 24.3 Å². The predicted molar refractivity (Wildman–Crippen MR) is 95.0 cm³/mol. The lowest BCUT2D eigenvalue weighted by Crippen LogP contribution is -2.35. The molecule has 0 aromatic heterocycles. The molecule has 2 rings (SSSR count). The van der Waals surface area contributed by atoms with Gasteiger partial charge in [0.05, 0.1) is 12.8 Å². The Balaban J connectivity index is 1.53. The molecule has 0 N–H and O–H groups in total. The van der Waals surface area contributed by atoms with Crippen molar-refractivity contribution in [2.45, 2.75) is 77.7 Å². The highest BCUT2D eigenvalue weighted by atomic mass is 15.4. The quantitative estimate of drug-likeness (QED) is 0.670. The molecule has 2 heterocycles. The Labute approximate surface area is 138 Å². The molecule has 0 aliphatic carbocycles. The third kappa shape index (κ3) is 4.22. The molecule has 2 saturated heterocycles. The van der Waals surface area contributed by atoms with Crippen molar-refractivity contribution in [3.05, 3.63) is 0 Å². The summed E-state index contributed by atoms with van der Waals surface area (Å²) >= 11 is 0. The van der Waals surface area contributed by atoms with Crippen molar-refractivity contribution in [2.24, 2.45) is 0 Å². The van der Waals surface area contributed by atoms with E-state index in [2.05, 4.69) is 61.4 Å². The maximum Gasteiger partial charge on any atom is 0.0594 e. The molecule has 22 heavy (non-hydrogen) atoms. The summed E-state index contributed by atoms with van der Waals surface area (Å²) < 4.78 is 0. The molecule has 0 amide bonds. The molecule has 4 atom stereocenters. The van der Waals surface area contributed by atoms with Gasteiger partial charge < -0.3 is 0 Å². The van der Waals surface area contributed by atoms with Gasteiger partial charge >= 0.3 is 0 Å². The molecule has 2 aliphatic rings. The van der Waals surface area contributed by atoms with Gasteiger partial charge in [-0.3, -0.25) is 19.6 Å². The third-order valence-corrected chi connectivity index (χ3v) is 6.33. The molecular weight excluding hydrogens is 272 g/mol. The summed E-state index contributed by atoms with van der Waals surface area (Å²) in [5.74, 6) is 0. The minimum atomic E-state index is 0.623. The second-order valence-electron chi connectivity index (χ2n) is 7.75. The molecule has 130 valence electrons. The molecule has 2 aliphatic heterocycles. The van der Waals surface area contributed by atoms with E-state index in [0.717, 1.165) is 6.67 Å². The van der Waals surface area contributed by atoms with E-state index in [1.54, 1.807) is 0 Å². The van der Waals surface area contributed by atoms with Crippen molar-refractivity contribution in [3.8, 4) is 0 Å². The summed E-state index contributed by atoms with van der Waals surface area (Å²) in [6, 6.07) is 2.13. The summed E-state index contributed by atoms with van der Waals surface area (Å²) in [4.78, 5) is 10.2. The van der Waals surface area contributed by atoms with E-state index in [1.165, 1.54) is 45.3 Å². The molecule has 2 fully saturated rings. The maximum absolute atomic E-state index is 2.64. The average molecular weight is 311 g/mol. The smallest absolute Gasteiger partial charge is 0.0594 e. The van der Waals surface area contributed by atoms with E-state index in [9.17, 15) is 0 Å². The minimum Gasteiger partial charge on any atom is -0.289 e. The van der Waals surface area contributed by atoms with Crippen LogP contribution >= 0.6 is 0 Å². The number of hydrogen-bond acceptors (Lipinski definition) is 4. The number of likely N-dealkylation sites (N-methyl/N-ethyl adjacent to an activating group) is 2. The zero-order valence-corrected chi connectivity index (χ0v) is 15.8. The van der Waals surface area contributed by atoms with Crippen molar-refractivity contribution < 1.29 is 0 Å². The van der Waals surface area contributed by atoms with Gasteiger partial charge in [-0.1, -0.05) is 12.8 Å². The van der Waals surface area contributed by atoms with Gasteiger partial charge in [0.25, 0.3) is 0 Å². The Bertz CT molecular complexity index is 303. The lowest BCUT2D eigenvalue weighted by Gasteiger charge is -2.24. The summed E-state index contributed by atoms with van der Waals surface area (Å²) in [6.07, 6.45) is 6.11. The number of unbranched alkanes of at least 4 members (excludes halogenated alkanes) is 3. The summed E-state index contributed by atoms with van der Waals surface area (Å²) in [7, 11) is 4.50. The number of rotatable bonds is 7. The van der Waals surface area contributed by atoms with Crippen molar-refractivity contribution >= 4 is 0 Å². The van der Waals surface area contributed by atoms with Crippen LogP contribution in [0.25, 0.3) is 0 Å². The first-order valence-corrected chi connectivity index (χ1v) is 9.32. The van der Waals surface area contributed by atoms with E-state index < -0.39 is 0 Å². The molecule has 0 saturated carbocycles. The minimum absolute atomic E-state index is 0.623. The van der Waals surface area contributed by atoms with Crippen LogP contribution in [0.4, 0.5) is 0 Å². The highest BCUT2D eigenvalue weighted by molar-refractivity contribution is 4.85. The number of hydrogen-bond donors (Lipinski definition) is 0. The van der Waals surface area contributed by atoms with Crippen molar-refractivity contribution in [1.29, 1.82) is 0 Å².